The van der Waals surface area contributed by atoms with Crippen LogP contribution in [0.4, 0.5) is 0 Å². The van der Waals surface area contributed by atoms with Crippen LogP contribution in [0.2, 0.25) is 0 Å². The summed E-state index contributed by atoms with van der Waals surface area (Å²) in [5, 5.41) is 7.63. The molecule has 4 bridgehead atoms. The second-order valence-electron chi connectivity index (χ2n) is 7.40. The average Bonchev–Trinajstić information content (AvgIpc) is 2.23. The fraction of sp³-hybridized carbons (Fsp3) is 0.933. The van der Waals surface area contributed by atoms with Crippen molar-refractivity contribution in [2.24, 2.45) is 23.2 Å². The van der Waals surface area contributed by atoms with Crippen molar-refractivity contribution < 1.29 is 0 Å². The maximum atomic E-state index is 5.36. The minimum Gasteiger partial charge on any atom is -0.362 e. The van der Waals surface area contributed by atoms with E-state index in [1.807, 2.05) is 0 Å². The predicted octanol–water partition coefficient (Wildman–Crippen LogP) is 3.08. The summed E-state index contributed by atoms with van der Waals surface area (Å²) in [5.41, 5.74) is 0.581. The van der Waals surface area contributed by atoms with Crippen molar-refractivity contribution >= 4 is 17.3 Å². The number of thiocarbonyl (C=S) groups is 1. The molecule has 3 heteroatoms. The molecule has 0 amide bonds. The van der Waals surface area contributed by atoms with Crippen molar-refractivity contribution in [2.45, 2.75) is 58.4 Å². The van der Waals surface area contributed by atoms with E-state index in [2.05, 4.69) is 24.5 Å². The Morgan fingerprint density at radius 2 is 1.61 bits per heavy atom. The molecule has 2 N–H and O–H groups in total. The van der Waals surface area contributed by atoms with Gasteiger partial charge in [0.05, 0.1) is 0 Å². The lowest BCUT2D eigenvalue weighted by Crippen LogP contribution is -2.52. The Labute approximate surface area is 116 Å². The maximum Gasteiger partial charge on any atom is 0.166 e. The summed E-state index contributed by atoms with van der Waals surface area (Å²) in [7, 11) is 0. The van der Waals surface area contributed by atoms with Crippen LogP contribution >= 0.6 is 12.2 Å². The number of nitrogens with one attached hydrogen (secondary N) is 2. The molecule has 0 aromatic heterocycles. The third kappa shape index (κ3) is 2.52. The van der Waals surface area contributed by atoms with Crippen LogP contribution < -0.4 is 10.6 Å². The van der Waals surface area contributed by atoms with E-state index in [4.69, 9.17) is 12.2 Å². The largest absolute Gasteiger partial charge is 0.362 e. The number of hydrogen-bond donors (Lipinski definition) is 2. The van der Waals surface area contributed by atoms with Crippen LogP contribution in [0.5, 0.6) is 0 Å². The van der Waals surface area contributed by atoms with Gasteiger partial charge in [-0.05, 0) is 87.8 Å². The van der Waals surface area contributed by atoms with Crippen molar-refractivity contribution in [3.05, 3.63) is 0 Å². The second-order valence-corrected chi connectivity index (χ2v) is 7.81. The third-order valence-electron chi connectivity index (χ3n) is 5.21. The van der Waals surface area contributed by atoms with E-state index >= 15 is 0 Å². The molecule has 4 fully saturated rings. The van der Waals surface area contributed by atoms with Gasteiger partial charge < -0.3 is 10.6 Å². The molecule has 0 spiro atoms. The van der Waals surface area contributed by atoms with Crippen molar-refractivity contribution in [3.8, 4) is 0 Å². The summed E-state index contributed by atoms with van der Waals surface area (Å²) in [6.45, 7) is 5.38. The summed E-state index contributed by atoms with van der Waals surface area (Å²) in [4.78, 5) is 0. The summed E-state index contributed by atoms with van der Waals surface area (Å²) in [6, 6.07) is 0.432. The van der Waals surface area contributed by atoms with E-state index in [9.17, 15) is 0 Å². The first kappa shape index (κ1) is 12.7. The second kappa shape index (κ2) is 4.66. The molecule has 0 aliphatic heterocycles. The zero-order chi connectivity index (χ0) is 12.8. The SMILES string of the molecule is CC(C)NC(=S)NCC12CC3CC(CC(C3)C1)C2. The van der Waals surface area contributed by atoms with Gasteiger partial charge in [0.1, 0.15) is 0 Å². The van der Waals surface area contributed by atoms with Gasteiger partial charge in [-0.3, -0.25) is 0 Å². The van der Waals surface area contributed by atoms with Gasteiger partial charge in [-0.15, -0.1) is 0 Å². The van der Waals surface area contributed by atoms with Gasteiger partial charge in [-0.2, -0.15) is 0 Å². The molecular formula is C15H26N2S. The zero-order valence-electron chi connectivity index (χ0n) is 11.7. The van der Waals surface area contributed by atoms with E-state index < -0.39 is 0 Å². The molecule has 0 heterocycles. The highest BCUT2D eigenvalue weighted by Gasteiger charge is 2.50. The van der Waals surface area contributed by atoms with Gasteiger partial charge >= 0.3 is 0 Å². The highest BCUT2D eigenvalue weighted by molar-refractivity contribution is 7.80. The molecule has 0 saturated heterocycles. The summed E-state index contributed by atoms with van der Waals surface area (Å²) in [6.07, 6.45) is 8.93. The van der Waals surface area contributed by atoms with Gasteiger partial charge in [0.25, 0.3) is 0 Å². The molecule has 4 saturated carbocycles. The Kier molecular flexibility index (Phi) is 3.29. The molecule has 4 rings (SSSR count). The van der Waals surface area contributed by atoms with Crippen LogP contribution in [0, 0.1) is 23.2 Å². The van der Waals surface area contributed by atoms with Crippen LogP contribution in [0.1, 0.15) is 52.4 Å². The molecule has 0 aromatic carbocycles. The van der Waals surface area contributed by atoms with Crippen molar-refractivity contribution in [1.82, 2.24) is 10.6 Å². The quantitative estimate of drug-likeness (QED) is 0.768. The van der Waals surface area contributed by atoms with Gasteiger partial charge in [-0.25, -0.2) is 0 Å². The standard InChI is InChI=1S/C15H26N2S/c1-10(2)17-14(18)16-9-15-6-11-3-12(7-15)5-13(4-11)8-15/h10-13H,3-9H2,1-2H3,(H2,16,17,18). The highest BCUT2D eigenvalue weighted by Crippen LogP contribution is 2.59. The lowest BCUT2D eigenvalue weighted by molar-refractivity contribution is -0.0491. The third-order valence-corrected chi connectivity index (χ3v) is 5.47. The first-order valence-electron chi connectivity index (χ1n) is 7.59. The van der Waals surface area contributed by atoms with Crippen LogP contribution in [0.15, 0.2) is 0 Å². The van der Waals surface area contributed by atoms with Crippen molar-refractivity contribution in [3.63, 3.8) is 0 Å². The lowest BCUT2D eigenvalue weighted by Gasteiger charge is -2.57. The first-order chi connectivity index (χ1) is 8.55. The minimum absolute atomic E-state index is 0.432. The Bertz CT molecular complexity index is 302. The van der Waals surface area contributed by atoms with Gasteiger partial charge in [0.2, 0.25) is 0 Å². The van der Waals surface area contributed by atoms with Gasteiger partial charge in [-0.1, -0.05) is 0 Å². The summed E-state index contributed by atoms with van der Waals surface area (Å²) >= 11 is 5.36. The van der Waals surface area contributed by atoms with Crippen LogP contribution in [0.3, 0.4) is 0 Å². The van der Waals surface area contributed by atoms with Crippen LogP contribution in [-0.4, -0.2) is 17.7 Å². The molecular weight excluding hydrogens is 240 g/mol. The topological polar surface area (TPSA) is 24.1 Å². The van der Waals surface area contributed by atoms with E-state index in [0.717, 1.165) is 29.4 Å². The van der Waals surface area contributed by atoms with Crippen LogP contribution in [-0.2, 0) is 0 Å². The number of rotatable bonds is 3. The molecule has 18 heavy (non-hydrogen) atoms. The number of hydrogen-bond acceptors (Lipinski definition) is 1. The molecule has 4 aliphatic carbocycles. The highest BCUT2D eigenvalue weighted by atomic mass is 32.1. The van der Waals surface area contributed by atoms with E-state index in [1.54, 1.807) is 0 Å². The predicted molar refractivity (Wildman–Crippen MR) is 79.5 cm³/mol. The Morgan fingerprint density at radius 1 is 1.11 bits per heavy atom. The van der Waals surface area contributed by atoms with E-state index in [-0.39, 0.29) is 0 Å². The normalized spacial score (nSPS) is 41.2. The van der Waals surface area contributed by atoms with Gasteiger partial charge in [0.15, 0.2) is 5.11 Å². The van der Waals surface area contributed by atoms with Crippen LogP contribution in [0.25, 0.3) is 0 Å². The molecule has 4 aliphatic rings. The minimum atomic E-state index is 0.432. The molecule has 0 radical (unpaired) electrons. The zero-order valence-corrected chi connectivity index (χ0v) is 12.5. The molecule has 2 nitrogen and oxygen atoms in total. The van der Waals surface area contributed by atoms with Gasteiger partial charge in [0, 0.05) is 12.6 Å². The Balaban J connectivity index is 1.57. The summed E-state index contributed by atoms with van der Waals surface area (Å²) in [5.74, 6) is 3.10. The smallest absolute Gasteiger partial charge is 0.166 e. The molecule has 0 unspecified atom stereocenters. The monoisotopic (exact) mass is 266 g/mol. The average molecular weight is 266 g/mol. The van der Waals surface area contributed by atoms with Crippen molar-refractivity contribution in [1.29, 1.82) is 0 Å². The fourth-order valence-corrected chi connectivity index (χ4v) is 5.40. The summed E-state index contributed by atoms with van der Waals surface area (Å²) < 4.78 is 0. The fourth-order valence-electron chi connectivity index (χ4n) is 5.09. The Morgan fingerprint density at radius 3 is 2.06 bits per heavy atom. The molecule has 0 atom stereocenters. The van der Waals surface area contributed by atoms with E-state index in [1.165, 1.54) is 38.5 Å². The first-order valence-corrected chi connectivity index (χ1v) is 8.00. The lowest BCUT2D eigenvalue weighted by atomic mass is 9.49. The molecule has 102 valence electrons. The van der Waals surface area contributed by atoms with Crippen molar-refractivity contribution in [2.75, 3.05) is 6.54 Å². The Hall–Kier alpha value is -0.310. The van der Waals surface area contributed by atoms with E-state index in [0.29, 0.717) is 11.5 Å². The maximum absolute atomic E-state index is 5.36. The molecule has 0 aromatic rings.